The summed E-state index contributed by atoms with van der Waals surface area (Å²) in [7, 11) is 1.37. The molecule has 138 valence electrons. The smallest absolute Gasteiger partial charge is 0.323 e. The molecule has 1 aromatic heterocycles. The zero-order valence-corrected chi connectivity index (χ0v) is 15.5. The van der Waals surface area contributed by atoms with Gasteiger partial charge in [-0.3, -0.25) is 14.5 Å². The van der Waals surface area contributed by atoms with Crippen molar-refractivity contribution in [2.75, 3.05) is 13.7 Å². The van der Waals surface area contributed by atoms with E-state index >= 15 is 0 Å². The summed E-state index contributed by atoms with van der Waals surface area (Å²) >= 11 is 1.69. The summed E-state index contributed by atoms with van der Waals surface area (Å²) in [6.45, 7) is 3.21. The average Bonchev–Trinajstić information content (AvgIpc) is 3.20. The van der Waals surface area contributed by atoms with Gasteiger partial charge in [0, 0.05) is 34.4 Å². The van der Waals surface area contributed by atoms with Crippen molar-refractivity contribution < 1.29 is 18.7 Å². The molecule has 2 atom stereocenters. The number of esters is 1. The first-order chi connectivity index (χ1) is 12.5. The number of nitrogens with one attached hydrogen (secondary N) is 1. The normalized spacial score (nSPS) is 20.1. The molecule has 1 aliphatic rings. The van der Waals surface area contributed by atoms with Crippen LogP contribution in [0.15, 0.2) is 36.4 Å². The van der Waals surface area contributed by atoms with Crippen LogP contribution in [0.1, 0.15) is 26.5 Å². The van der Waals surface area contributed by atoms with Crippen molar-refractivity contribution >= 4 is 23.2 Å². The van der Waals surface area contributed by atoms with Gasteiger partial charge in [-0.2, -0.15) is 0 Å². The van der Waals surface area contributed by atoms with Crippen LogP contribution in [0.25, 0.3) is 0 Å². The number of aryl methyl sites for hydroxylation is 1. The Kier molecular flexibility index (Phi) is 5.68. The van der Waals surface area contributed by atoms with Gasteiger partial charge in [0.25, 0.3) is 5.91 Å². The second-order valence-corrected chi connectivity index (χ2v) is 7.77. The number of amides is 1. The van der Waals surface area contributed by atoms with Crippen LogP contribution >= 0.6 is 11.3 Å². The quantitative estimate of drug-likeness (QED) is 0.816. The number of methoxy groups -OCH3 is 1. The predicted octanol–water partition coefficient (Wildman–Crippen LogP) is 2.74. The molecular formula is C19H21FN2O3S. The molecule has 2 heterocycles. The van der Waals surface area contributed by atoms with E-state index in [1.165, 1.54) is 30.2 Å². The average molecular weight is 376 g/mol. The zero-order chi connectivity index (χ0) is 18.7. The molecule has 1 N–H and O–H groups in total. The van der Waals surface area contributed by atoms with Gasteiger partial charge in [0.1, 0.15) is 11.9 Å². The highest BCUT2D eigenvalue weighted by Gasteiger charge is 2.38. The molecule has 1 amide bonds. The van der Waals surface area contributed by atoms with Crippen molar-refractivity contribution in [1.82, 2.24) is 10.2 Å². The molecule has 0 bridgehead atoms. The summed E-state index contributed by atoms with van der Waals surface area (Å²) in [6.07, 6.45) is 0.470. The maximum Gasteiger partial charge on any atom is 0.323 e. The lowest BCUT2D eigenvalue weighted by Gasteiger charge is -2.21. The summed E-state index contributed by atoms with van der Waals surface area (Å²) in [5.41, 5.74) is 0.270. The van der Waals surface area contributed by atoms with Gasteiger partial charge in [-0.15, -0.1) is 11.3 Å². The molecule has 0 radical (unpaired) electrons. The minimum absolute atomic E-state index is 0.198. The van der Waals surface area contributed by atoms with Crippen molar-refractivity contribution in [2.45, 2.75) is 32.0 Å². The SMILES string of the molecule is COC(=O)[C@@H]1C[C@H](NC(=O)c2cccc(F)c2)CN1Cc1ccc(C)s1. The van der Waals surface area contributed by atoms with Crippen LogP contribution < -0.4 is 5.32 Å². The van der Waals surface area contributed by atoms with E-state index in [-0.39, 0.29) is 23.5 Å². The second kappa shape index (κ2) is 7.97. The largest absolute Gasteiger partial charge is 0.468 e. The molecule has 26 heavy (non-hydrogen) atoms. The van der Waals surface area contributed by atoms with Crippen LogP contribution in [0.2, 0.25) is 0 Å². The van der Waals surface area contributed by atoms with Crippen LogP contribution in [-0.4, -0.2) is 42.5 Å². The molecule has 3 rings (SSSR count). The standard InChI is InChI=1S/C19H21FN2O3S/c1-12-6-7-16(26-12)11-22-10-15(9-17(22)19(24)25-2)21-18(23)13-4-3-5-14(20)8-13/h3-8,15,17H,9-11H2,1-2H3,(H,21,23)/t15-,17-/m0/s1. The fourth-order valence-electron chi connectivity index (χ4n) is 3.23. The molecule has 7 heteroatoms. The highest BCUT2D eigenvalue weighted by molar-refractivity contribution is 7.11. The number of rotatable bonds is 5. The number of thiophene rings is 1. The third-order valence-corrected chi connectivity index (χ3v) is 5.44. The number of hydrogen-bond acceptors (Lipinski definition) is 5. The van der Waals surface area contributed by atoms with Crippen molar-refractivity contribution in [1.29, 1.82) is 0 Å². The Balaban J connectivity index is 1.69. The fourth-order valence-corrected chi connectivity index (χ4v) is 4.15. The third-order valence-electron chi connectivity index (χ3n) is 4.45. The van der Waals surface area contributed by atoms with Crippen molar-refractivity contribution in [3.8, 4) is 0 Å². The molecular weight excluding hydrogens is 355 g/mol. The fraction of sp³-hybridized carbons (Fsp3) is 0.368. The summed E-state index contributed by atoms with van der Waals surface area (Å²) in [6, 6.07) is 9.06. The first-order valence-electron chi connectivity index (χ1n) is 8.40. The molecule has 1 saturated heterocycles. The van der Waals surface area contributed by atoms with Crippen LogP contribution in [0, 0.1) is 12.7 Å². The summed E-state index contributed by atoms with van der Waals surface area (Å²) in [5, 5.41) is 2.90. The van der Waals surface area contributed by atoms with Crippen molar-refractivity contribution in [2.24, 2.45) is 0 Å². The highest BCUT2D eigenvalue weighted by atomic mass is 32.1. The van der Waals surface area contributed by atoms with Gasteiger partial charge in [-0.05, 0) is 43.7 Å². The lowest BCUT2D eigenvalue weighted by molar-refractivity contribution is -0.146. The molecule has 1 fully saturated rings. The molecule has 5 nitrogen and oxygen atoms in total. The number of nitrogens with zero attached hydrogens (tertiary/aromatic N) is 1. The van der Waals surface area contributed by atoms with Gasteiger partial charge in [0.05, 0.1) is 7.11 Å². The molecule has 0 spiro atoms. The van der Waals surface area contributed by atoms with E-state index in [2.05, 4.69) is 5.32 Å². The van der Waals surface area contributed by atoms with Gasteiger partial charge in [-0.25, -0.2) is 4.39 Å². The molecule has 2 aromatic rings. The Labute approximate surface area is 155 Å². The minimum Gasteiger partial charge on any atom is -0.468 e. The van der Waals surface area contributed by atoms with Gasteiger partial charge in [-0.1, -0.05) is 6.07 Å². The number of carbonyl (C=O) groups excluding carboxylic acids is 2. The Morgan fingerprint density at radius 1 is 1.35 bits per heavy atom. The molecule has 1 aliphatic heterocycles. The van der Waals surface area contributed by atoms with Gasteiger partial charge in [0.2, 0.25) is 0 Å². The Morgan fingerprint density at radius 3 is 2.81 bits per heavy atom. The number of benzene rings is 1. The Morgan fingerprint density at radius 2 is 2.15 bits per heavy atom. The monoisotopic (exact) mass is 376 g/mol. The van der Waals surface area contributed by atoms with Crippen molar-refractivity contribution in [3.05, 3.63) is 57.5 Å². The number of likely N-dealkylation sites (tertiary alicyclic amines) is 1. The zero-order valence-electron chi connectivity index (χ0n) is 14.7. The van der Waals surface area contributed by atoms with Crippen LogP contribution in [0.3, 0.4) is 0 Å². The van der Waals surface area contributed by atoms with E-state index in [4.69, 9.17) is 4.74 Å². The van der Waals surface area contributed by atoms with Crippen LogP contribution in [-0.2, 0) is 16.1 Å². The van der Waals surface area contributed by atoms with E-state index < -0.39 is 11.9 Å². The molecule has 0 unspecified atom stereocenters. The Bertz CT molecular complexity index is 808. The minimum atomic E-state index is -0.453. The van der Waals surface area contributed by atoms with E-state index in [1.54, 1.807) is 17.4 Å². The van der Waals surface area contributed by atoms with Crippen molar-refractivity contribution in [3.63, 3.8) is 0 Å². The number of hydrogen-bond donors (Lipinski definition) is 1. The molecule has 0 aliphatic carbocycles. The van der Waals surface area contributed by atoms with Crippen LogP contribution in [0.5, 0.6) is 0 Å². The number of carbonyl (C=O) groups is 2. The molecule has 0 saturated carbocycles. The van der Waals surface area contributed by atoms with Crippen LogP contribution in [0.4, 0.5) is 4.39 Å². The predicted molar refractivity (Wildman–Crippen MR) is 97.5 cm³/mol. The Hall–Kier alpha value is -2.25. The maximum atomic E-state index is 13.3. The van der Waals surface area contributed by atoms with Gasteiger partial charge < -0.3 is 10.1 Å². The number of ether oxygens (including phenoxy) is 1. The summed E-state index contributed by atoms with van der Waals surface area (Å²) in [4.78, 5) is 28.9. The molecule has 1 aromatic carbocycles. The maximum absolute atomic E-state index is 13.3. The van der Waals surface area contributed by atoms with E-state index in [9.17, 15) is 14.0 Å². The van der Waals surface area contributed by atoms with Gasteiger partial charge in [0.15, 0.2) is 0 Å². The summed E-state index contributed by atoms with van der Waals surface area (Å²) in [5.74, 6) is -1.10. The number of halogens is 1. The first kappa shape index (κ1) is 18.5. The third kappa shape index (κ3) is 4.28. The summed E-state index contributed by atoms with van der Waals surface area (Å²) < 4.78 is 18.2. The highest BCUT2D eigenvalue weighted by Crippen LogP contribution is 2.25. The van der Waals surface area contributed by atoms with E-state index in [0.29, 0.717) is 19.5 Å². The van der Waals surface area contributed by atoms with E-state index in [1.807, 2.05) is 24.0 Å². The first-order valence-corrected chi connectivity index (χ1v) is 9.21. The topological polar surface area (TPSA) is 58.6 Å². The lowest BCUT2D eigenvalue weighted by atomic mass is 10.1. The second-order valence-electron chi connectivity index (χ2n) is 6.40. The lowest BCUT2D eigenvalue weighted by Crippen LogP contribution is -2.37. The van der Waals surface area contributed by atoms with E-state index in [0.717, 1.165) is 4.88 Å². The van der Waals surface area contributed by atoms with Gasteiger partial charge >= 0.3 is 5.97 Å².